The summed E-state index contributed by atoms with van der Waals surface area (Å²) in [4.78, 5) is 97.4. The summed E-state index contributed by atoms with van der Waals surface area (Å²) in [5, 5.41) is 12.7. The number of fused-ring (bicyclic) bond motifs is 6. The fourth-order valence-corrected chi connectivity index (χ4v) is 15.8. The predicted molar refractivity (Wildman–Crippen MR) is 439 cm³/mol. The fraction of sp³-hybridized carbons (Fsp3) is 0.338. The number of amides is 5. The van der Waals surface area contributed by atoms with Gasteiger partial charge in [-0.3, -0.25) is 38.9 Å². The fourth-order valence-electron chi connectivity index (χ4n) is 13.6. The van der Waals surface area contributed by atoms with Gasteiger partial charge in [0.1, 0.15) is 27.9 Å². The number of nitrogens with two attached hydrogens (primary N) is 1. The van der Waals surface area contributed by atoms with Gasteiger partial charge in [0.2, 0.25) is 29.5 Å². The molecule has 3 aromatic heterocycles. The lowest BCUT2D eigenvalue weighted by Gasteiger charge is -2.44. The average Bonchev–Trinajstić information content (AvgIpc) is 0.769. The molecule has 0 unspecified atom stereocenters. The molecule has 9 aromatic rings. The van der Waals surface area contributed by atoms with Crippen molar-refractivity contribution < 1.29 is 47.7 Å². The van der Waals surface area contributed by atoms with Crippen LogP contribution in [0.5, 0.6) is 17.6 Å². The summed E-state index contributed by atoms with van der Waals surface area (Å²) in [6.07, 6.45) is 8.03. The third-order valence-electron chi connectivity index (χ3n) is 19.1. The third-order valence-corrected chi connectivity index (χ3v) is 21.4. The maximum Gasteiger partial charge on any atom is 0.411 e. The van der Waals surface area contributed by atoms with Gasteiger partial charge in [-0.15, -0.1) is 0 Å². The van der Waals surface area contributed by atoms with E-state index >= 15 is 0 Å². The molecular weight excluding hydrogens is 1580 g/mol. The summed E-state index contributed by atoms with van der Waals surface area (Å²) in [6, 6.07) is 33.2. The third kappa shape index (κ3) is 17.7. The zero-order valence-corrected chi connectivity index (χ0v) is 69.1. The molecule has 0 spiro atoms. The van der Waals surface area contributed by atoms with Gasteiger partial charge < -0.3 is 45.4 Å². The minimum Gasteiger partial charge on any atom is -0.455 e. The number of thioether (sulfide) groups is 1. The number of nitrogens with zero attached hydrogens (tertiary/aromatic N) is 11. The Hall–Kier alpha value is -9.64. The molecule has 0 aliphatic carbocycles. The normalized spacial score (nSPS) is 16.2. The molecule has 0 bridgehead atoms. The molecule has 6 aliphatic rings. The summed E-state index contributed by atoms with van der Waals surface area (Å²) >= 11 is 38.7. The van der Waals surface area contributed by atoms with E-state index in [4.69, 9.17) is 99.0 Å². The zero-order chi connectivity index (χ0) is 80.7. The Morgan fingerprint density at radius 3 is 1.25 bits per heavy atom. The largest absolute Gasteiger partial charge is 0.455 e. The van der Waals surface area contributed by atoms with Gasteiger partial charge in [0, 0.05) is 54.3 Å². The standard InChI is InChI=1S/C28H29Cl2N5O4.C23H21Cl2N5O2.C16H24N2O2.C13H9Cl2N3O2S/c1-27(2,3)39-26(37)35-12-11-16-13-17(9-10-19(16)28(35,4)5)32-25-31-14-18-23(33-25)38-15-34(24(18)36)22-20(29)7-6-8-21(22)30;1-23(2)16-7-6-14(10-13(16)8-9-27-23)28-22-26-11-15-20(29-22)32-12-30(21(15)31)19-17(24)4-3-5-18(19)25;1-15(2,3)20-14(19)18-9-8-11-10-12(17)6-7-13(11)16(18,4)5;1-21-13-16-5-7-11(17-13)20-6-18(12(7)19)10-8(14)3-2-4-9(10)15/h6-10,13-14H,11-12,15H2,1-5H3,(H,31,32,33);3-7,10-11,27H,8-9,12H2,1-2H3,(H,26,28,29);6-7,10H,8-9,17H2,1-5H3;2-5H,6H2,1H3. The topological polar surface area (TPSA) is 287 Å². The summed E-state index contributed by atoms with van der Waals surface area (Å²) < 4.78 is 28.2. The van der Waals surface area contributed by atoms with Gasteiger partial charge in [0.15, 0.2) is 25.3 Å². The van der Waals surface area contributed by atoms with Crippen LogP contribution < -0.4 is 50.6 Å². The van der Waals surface area contributed by atoms with E-state index < -0.39 is 16.7 Å². The molecule has 0 saturated carbocycles. The first-order valence-corrected chi connectivity index (χ1v) is 39.2. The second kappa shape index (κ2) is 32.8. The number of ether oxygens (including phenoxy) is 5. The number of aromatic nitrogens is 6. The number of nitrogens with one attached hydrogen (secondary N) is 3. The van der Waals surface area contributed by atoms with E-state index in [2.05, 4.69) is 71.8 Å². The van der Waals surface area contributed by atoms with Gasteiger partial charge in [-0.1, -0.05) is 118 Å². The van der Waals surface area contributed by atoms with Crippen molar-refractivity contribution in [2.24, 2.45) is 0 Å². The van der Waals surface area contributed by atoms with E-state index in [0.29, 0.717) is 77.8 Å². The van der Waals surface area contributed by atoms with E-state index in [1.807, 2.05) is 118 Å². The highest BCUT2D eigenvalue weighted by Gasteiger charge is 2.43. The molecule has 32 heteroatoms. The Bertz CT molecular complexity index is 5120. The monoisotopic (exact) mass is 1660 g/mol. The Morgan fingerprint density at radius 1 is 0.500 bits per heavy atom. The van der Waals surface area contributed by atoms with E-state index in [-0.39, 0.29) is 101 Å². The van der Waals surface area contributed by atoms with Crippen LogP contribution in [0, 0.1) is 0 Å². The van der Waals surface area contributed by atoms with E-state index in [9.17, 15) is 24.0 Å². The highest BCUT2D eigenvalue weighted by atomic mass is 35.5. The molecule has 15 rings (SSSR count). The van der Waals surface area contributed by atoms with Crippen LogP contribution in [-0.4, -0.2) is 127 Å². The van der Waals surface area contributed by atoms with Crippen molar-refractivity contribution in [3.8, 4) is 17.6 Å². The first kappa shape index (κ1) is 81.8. The highest BCUT2D eigenvalue weighted by Crippen LogP contribution is 2.44. The molecule has 0 saturated heterocycles. The molecule has 6 aliphatic heterocycles. The van der Waals surface area contributed by atoms with Crippen molar-refractivity contribution in [2.75, 3.05) is 77.1 Å². The van der Waals surface area contributed by atoms with Crippen LogP contribution in [0.4, 0.5) is 55.6 Å². The van der Waals surface area contributed by atoms with Gasteiger partial charge in [-0.05, 0) is 221 Å². The van der Waals surface area contributed by atoms with E-state index in [1.165, 1.54) is 61.7 Å². The van der Waals surface area contributed by atoms with E-state index in [0.717, 1.165) is 53.1 Å². The first-order valence-electron chi connectivity index (χ1n) is 35.7. The van der Waals surface area contributed by atoms with Crippen molar-refractivity contribution in [3.63, 3.8) is 0 Å². The quantitative estimate of drug-likeness (QED) is 0.0624. The minimum atomic E-state index is -0.565. The van der Waals surface area contributed by atoms with Crippen LogP contribution in [0.25, 0.3) is 0 Å². The smallest absolute Gasteiger partial charge is 0.411 e. The number of anilines is 8. The molecule has 112 heavy (non-hydrogen) atoms. The molecule has 9 heterocycles. The summed E-state index contributed by atoms with van der Waals surface area (Å²) in [6.45, 7) is 25.7. The second-order valence-corrected chi connectivity index (χ2v) is 33.4. The van der Waals surface area contributed by atoms with Crippen molar-refractivity contribution in [1.82, 2.24) is 45.0 Å². The Kier molecular flexibility index (Phi) is 24.0. The van der Waals surface area contributed by atoms with Crippen LogP contribution >= 0.6 is 81.4 Å². The van der Waals surface area contributed by atoms with Gasteiger partial charge in [0.05, 0.1) is 58.3 Å². The number of halogens is 6. The predicted octanol–water partition coefficient (Wildman–Crippen LogP) is 18.3. The molecule has 5 N–H and O–H groups in total. The summed E-state index contributed by atoms with van der Waals surface area (Å²) in [7, 11) is 0. The molecule has 0 fully saturated rings. The van der Waals surface area contributed by atoms with Gasteiger partial charge >= 0.3 is 12.2 Å². The highest BCUT2D eigenvalue weighted by molar-refractivity contribution is 7.98. The van der Waals surface area contributed by atoms with Gasteiger partial charge in [0.25, 0.3) is 17.7 Å². The van der Waals surface area contributed by atoms with Crippen LogP contribution in [0.3, 0.4) is 0 Å². The summed E-state index contributed by atoms with van der Waals surface area (Å²) in [5.74, 6) is 0.335. The number of carbonyl (C=O) groups is 5. The zero-order valence-electron chi connectivity index (χ0n) is 63.7. The maximum atomic E-state index is 13.2. The van der Waals surface area contributed by atoms with Crippen molar-refractivity contribution in [1.29, 1.82) is 0 Å². The number of benzene rings is 6. The Labute approximate surface area is 683 Å². The van der Waals surface area contributed by atoms with Crippen molar-refractivity contribution in [2.45, 2.75) is 135 Å². The lowest BCUT2D eigenvalue weighted by Crippen LogP contribution is -2.51. The molecule has 6 aromatic carbocycles. The number of para-hydroxylation sites is 3. The Morgan fingerprint density at radius 2 is 0.857 bits per heavy atom. The van der Waals surface area contributed by atoms with Crippen LogP contribution in [0.2, 0.25) is 30.1 Å². The number of carbonyl (C=O) groups excluding carboxylic acids is 5. The minimum absolute atomic E-state index is 0.000120. The Balaban J connectivity index is 0.000000144. The van der Waals surface area contributed by atoms with E-state index in [1.54, 1.807) is 64.4 Å². The number of nitrogen functional groups attached to an aromatic ring is 1. The average molecular weight is 1660 g/mol. The maximum absolute atomic E-state index is 13.2. The van der Waals surface area contributed by atoms with Crippen LogP contribution in [-0.2, 0) is 45.4 Å². The number of hydrogen-bond donors (Lipinski definition) is 4. The van der Waals surface area contributed by atoms with Crippen LogP contribution in [0.15, 0.2) is 133 Å². The van der Waals surface area contributed by atoms with Crippen LogP contribution in [0.1, 0.15) is 148 Å². The molecule has 0 atom stereocenters. The molecule has 5 amide bonds. The summed E-state index contributed by atoms with van der Waals surface area (Å²) in [5.41, 5.74) is 15.3. The van der Waals surface area contributed by atoms with Gasteiger partial charge in [-0.25, -0.2) is 24.5 Å². The SMILES string of the molecule is CC(C)(C)OC(=O)N1CCc2cc(N)ccc2C1(C)C.CC(C)(C)OC(=O)N1CCc2cc(Nc3ncc4c(n3)OCN(c3c(Cl)cccc3Cl)C4=O)ccc2C1(C)C.CC1(C)NCCc2cc(Nc3ncc4c(n3)OCN(c3c(Cl)cccc3Cl)C4=O)ccc21.CSc1ncc2c(n1)OCN(c1c(Cl)cccc1Cl)C2=O. The van der Waals surface area contributed by atoms with Crippen molar-refractivity contribution >= 4 is 157 Å². The number of rotatable bonds is 8. The molecule has 586 valence electrons. The molecule has 0 radical (unpaired) electrons. The van der Waals surface area contributed by atoms with Gasteiger partial charge in [-0.2, -0.15) is 15.0 Å². The number of hydrogen-bond acceptors (Lipinski definition) is 21. The first-order chi connectivity index (χ1) is 52.9. The lowest BCUT2D eigenvalue weighted by atomic mass is 9.83. The van der Waals surface area contributed by atoms with Crippen molar-refractivity contribution in [3.05, 3.63) is 208 Å². The lowest BCUT2D eigenvalue weighted by molar-refractivity contribution is -0.00147. The molecular formula is C80H83Cl6N15O10S. The second-order valence-electron chi connectivity index (χ2n) is 30.2. The molecule has 25 nitrogen and oxygen atoms in total.